The average Bonchev–Trinajstić information content (AvgIpc) is 2.79. The Hall–Kier alpha value is -2.49. The van der Waals surface area contributed by atoms with Crippen LogP contribution in [0.3, 0.4) is 0 Å². The van der Waals surface area contributed by atoms with Gasteiger partial charge in [-0.25, -0.2) is 5.43 Å². The molecule has 0 aliphatic rings. The van der Waals surface area contributed by atoms with E-state index < -0.39 is 11.5 Å². The summed E-state index contributed by atoms with van der Waals surface area (Å²) >= 11 is 5.66. The molecule has 0 unspecified atom stereocenters. The second-order valence-electron chi connectivity index (χ2n) is 6.55. The van der Waals surface area contributed by atoms with Gasteiger partial charge in [-0.05, 0) is 67.3 Å². The maximum absolute atomic E-state index is 13.0. The molecular formula is C24H20BrIN2O3. The molecule has 0 atom stereocenters. The zero-order valence-electron chi connectivity index (χ0n) is 16.5. The molecule has 0 aliphatic carbocycles. The van der Waals surface area contributed by atoms with Gasteiger partial charge in [-0.15, -0.1) is 0 Å². The van der Waals surface area contributed by atoms with E-state index in [0.717, 1.165) is 13.6 Å². The maximum Gasteiger partial charge on any atom is 0.281 e. The number of benzene rings is 3. The molecule has 7 heteroatoms. The summed E-state index contributed by atoms with van der Waals surface area (Å²) < 4.78 is 7.28. The highest BCUT2D eigenvalue weighted by atomic mass is 127. The lowest BCUT2D eigenvalue weighted by molar-refractivity contribution is -0.136. The van der Waals surface area contributed by atoms with Gasteiger partial charge in [0.2, 0.25) is 0 Å². The van der Waals surface area contributed by atoms with Gasteiger partial charge in [0, 0.05) is 0 Å². The van der Waals surface area contributed by atoms with Gasteiger partial charge in [0.25, 0.3) is 5.91 Å². The number of aliphatic hydroxyl groups is 1. The van der Waals surface area contributed by atoms with Crippen LogP contribution in [0, 0.1) is 3.57 Å². The van der Waals surface area contributed by atoms with Crippen LogP contribution in [0.15, 0.2) is 95.0 Å². The third-order valence-electron chi connectivity index (χ3n) is 4.46. The van der Waals surface area contributed by atoms with Crippen molar-refractivity contribution in [3.63, 3.8) is 0 Å². The van der Waals surface area contributed by atoms with E-state index in [1.165, 1.54) is 6.21 Å². The second-order valence-corrected chi connectivity index (χ2v) is 8.57. The summed E-state index contributed by atoms with van der Waals surface area (Å²) in [6.07, 6.45) is 3.19. The summed E-state index contributed by atoms with van der Waals surface area (Å²) in [4.78, 5) is 13.0. The number of nitrogens with zero attached hydrogens (tertiary/aromatic N) is 1. The average molecular weight is 591 g/mol. The highest BCUT2D eigenvalue weighted by Crippen LogP contribution is 2.32. The van der Waals surface area contributed by atoms with E-state index in [-0.39, 0.29) is 0 Å². The van der Waals surface area contributed by atoms with Gasteiger partial charge in [-0.2, -0.15) is 5.10 Å². The van der Waals surface area contributed by atoms with Crippen LogP contribution in [0.1, 0.15) is 16.7 Å². The minimum Gasteiger partial charge on any atom is -0.487 e. The Morgan fingerprint density at radius 3 is 2.23 bits per heavy atom. The lowest BCUT2D eigenvalue weighted by Crippen LogP contribution is -2.43. The van der Waals surface area contributed by atoms with Crippen molar-refractivity contribution in [2.75, 3.05) is 6.61 Å². The molecule has 0 heterocycles. The van der Waals surface area contributed by atoms with Crippen molar-refractivity contribution in [3.05, 3.63) is 110 Å². The van der Waals surface area contributed by atoms with E-state index in [2.05, 4.69) is 55.6 Å². The van der Waals surface area contributed by atoms with Gasteiger partial charge in [0.15, 0.2) is 5.60 Å². The summed E-state index contributed by atoms with van der Waals surface area (Å²) in [6.45, 7) is 4.05. The molecule has 3 aromatic rings. The molecule has 0 aromatic heterocycles. The number of amides is 1. The fourth-order valence-electron chi connectivity index (χ4n) is 2.97. The largest absolute Gasteiger partial charge is 0.487 e. The van der Waals surface area contributed by atoms with E-state index in [1.807, 2.05) is 24.3 Å². The minimum atomic E-state index is -1.88. The van der Waals surface area contributed by atoms with Gasteiger partial charge in [-0.1, -0.05) is 73.3 Å². The Labute approximate surface area is 203 Å². The number of hydrazone groups is 1. The molecule has 5 nitrogen and oxygen atoms in total. The van der Waals surface area contributed by atoms with Crippen LogP contribution in [-0.2, 0) is 10.4 Å². The van der Waals surface area contributed by atoms with Crippen LogP contribution in [-0.4, -0.2) is 23.8 Å². The number of ether oxygens (including phenoxy) is 1. The van der Waals surface area contributed by atoms with Crippen molar-refractivity contribution in [1.29, 1.82) is 0 Å². The quantitative estimate of drug-likeness (QED) is 0.168. The SMILES string of the molecule is C=CCOc1c(Br)cc(/C=N\NC(=O)C(O)(c2ccccc2)c2ccccc2)cc1I. The summed E-state index contributed by atoms with van der Waals surface area (Å²) in [5.74, 6) is 0.0602. The number of rotatable bonds is 8. The van der Waals surface area contributed by atoms with E-state index in [0.29, 0.717) is 23.5 Å². The Bertz CT molecular complexity index is 1030. The van der Waals surface area contributed by atoms with E-state index in [9.17, 15) is 9.90 Å². The number of carbonyl (C=O) groups is 1. The lowest BCUT2D eigenvalue weighted by atomic mass is 9.85. The molecule has 0 saturated carbocycles. The third-order valence-corrected chi connectivity index (χ3v) is 5.85. The van der Waals surface area contributed by atoms with Gasteiger partial charge < -0.3 is 9.84 Å². The second kappa shape index (κ2) is 10.7. The van der Waals surface area contributed by atoms with Crippen molar-refractivity contribution in [2.24, 2.45) is 5.10 Å². The van der Waals surface area contributed by atoms with Crippen molar-refractivity contribution >= 4 is 50.6 Å². The summed E-state index contributed by atoms with van der Waals surface area (Å²) in [7, 11) is 0. The molecule has 158 valence electrons. The smallest absolute Gasteiger partial charge is 0.281 e. The first kappa shape index (κ1) is 23.2. The molecule has 3 aromatic carbocycles. The topological polar surface area (TPSA) is 70.9 Å². The maximum atomic E-state index is 13.0. The standard InChI is InChI=1S/C24H20BrIN2O3/c1-2-13-31-22-20(25)14-17(15-21(22)26)16-27-28-23(29)24(30,18-9-5-3-6-10-18)19-11-7-4-8-12-19/h2-12,14-16,30H,1,13H2,(H,28,29)/b27-16-. The van der Waals surface area contributed by atoms with Crippen molar-refractivity contribution in [3.8, 4) is 5.75 Å². The summed E-state index contributed by atoms with van der Waals surface area (Å²) in [6, 6.07) is 21.3. The van der Waals surface area contributed by atoms with Crippen LogP contribution in [0.25, 0.3) is 0 Å². The van der Waals surface area contributed by atoms with Gasteiger partial charge >= 0.3 is 0 Å². The van der Waals surface area contributed by atoms with Crippen LogP contribution >= 0.6 is 38.5 Å². The normalized spacial score (nSPS) is 11.3. The van der Waals surface area contributed by atoms with Crippen molar-refractivity contribution in [1.82, 2.24) is 5.43 Å². The Morgan fingerprint density at radius 1 is 1.13 bits per heavy atom. The molecule has 0 fully saturated rings. The van der Waals surface area contributed by atoms with Crippen LogP contribution in [0.5, 0.6) is 5.75 Å². The van der Waals surface area contributed by atoms with Gasteiger partial charge in [0.1, 0.15) is 12.4 Å². The third kappa shape index (κ3) is 5.41. The summed E-state index contributed by atoms with van der Waals surface area (Å²) in [5.41, 5.74) is 2.26. The van der Waals surface area contributed by atoms with Gasteiger partial charge in [-0.3, -0.25) is 4.79 Å². The highest BCUT2D eigenvalue weighted by Gasteiger charge is 2.39. The Balaban J connectivity index is 1.84. The fourth-order valence-corrected chi connectivity index (χ4v) is 4.74. The number of hydrogen-bond donors (Lipinski definition) is 2. The van der Waals surface area contributed by atoms with Crippen molar-refractivity contribution in [2.45, 2.75) is 5.60 Å². The first-order valence-corrected chi connectivity index (χ1v) is 11.2. The molecule has 0 saturated heterocycles. The number of hydrogen-bond acceptors (Lipinski definition) is 4. The number of nitrogens with one attached hydrogen (secondary N) is 1. The monoisotopic (exact) mass is 590 g/mol. The van der Waals surface area contributed by atoms with Crippen LogP contribution < -0.4 is 10.2 Å². The molecule has 31 heavy (non-hydrogen) atoms. The highest BCUT2D eigenvalue weighted by molar-refractivity contribution is 14.1. The fraction of sp³-hybridized carbons (Fsp3) is 0.0833. The lowest BCUT2D eigenvalue weighted by Gasteiger charge is -2.27. The molecule has 2 N–H and O–H groups in total. The van der Waals surface area contributed by atoms with E-state index in [1.54, 1.807) is 54.6 Å². The molecule has 0 radical (unpaired) electrons. The zero-order valence-corrected chi connectivity index (χ0v) is 20.2. The Kier molecular flexibility index (Phi) is 8.00. The zero-order chi connectivity index (χ0) is 22.3. The van der Waals surface area contributed by atoms with Crippen LogP contribution in [0.4, 0.5) is 0 Å². The number of carbonyl (C=O) groups excluding carboxylic acids is 1. The molecule has 0 bridgehead atoms. The molecule has 0 aliphatic heterocycles. The Morgan fingerprint density at radius 2 is 1.71 bits per heavy atom. The van der Waals surface area contributed by atoms with E-state index >= 15 is 0 Å². The van der Waals surface area contributed by atoms with Gasteiger partial charge in [0.05, 0.1) is 14.3 Å². The van der Waals surface area contributed by atoms with E-state index in [4.69, 9.17) is 4.74 Å². The first-order chi connectivity index (χ1) is 15.0. The number of halogens is 2. The van der Waals surface area contributed by atoms with Crippen molar-refractivity contribution < 1.29 is 14.6 Å². The van der Waals surface area contributed by atoms with Crippen LogP contribution in [0.2, 0.25) is 0 Å². The summed E-state index contributed by atoms with van der Waals surface area (Å²) in [5, 5.41) is 15.5. The molecule has 0 spiro atoms. The first-order valence-electron chi connectivity index (χ1n) is 9.36. The molecular weight excluding hydrogens is 571 g/mol. The molecule has 1 amide bonds. The predicted molar refractivity (Wildman–Crippen MR) is 134 cm³/mol. The minimum absolute atomic E-state index is 0.398. The predicted octanol–water partition coefficient (Wildman–Crippen LogP) is 5.00. The molecule has 3 rings (SSSR count).